The van der Waals surface area contributed by atoms with Crippen LogP contribution in [0.1, 0.15) is 0 Å². The number of benzene rings is 2. The van der Waals surface area contributed by atoms with Crippen LogP contribution in [-0.2, 0) is 0 Å². The molecule has 25 heavy (non-hydrogen) atoms. The van der Waals surface area contributed by atoms with Crippen LogP contribution in [0.15, 0.2) is 48.7 Å². The lowest BCUT2D eigenvalue weighted by molar-refractivity contribution is 0.262. The number of carbonyl (C=O) groups is 1. The molecule has 0 aliphatic carbocycles. The molecule has 2 N–H and O–H groups in total. The first-order chi connectivity index (χ1) is 12.1. The molecule has 6 nitrogen and oxygen atoms in total. The Hall–Kier alpha value is -3.35. The predicted molar refractivity (Wildman–Crippen MR) is 93.9 cm³/mol. The van der Waals surface area contributed by atoms with Crippen molar-refractivity contribution in [3.05, 3.63) is 54.5 Å². The molecule has 0 saturated carbocycles. The maximum absolute atomic E-state index is 13.8. The zero-order chi connectivity index (χ0) is 17.8. The second kappa shape index (κ2) is 7.04. The number of halogens is 1. The number of pyridine rings is 1. The molecule has 3 aromatic rings. The standard InChI is InChI=1S/C18H16FN3O3/c1-24-15-7-6-11(10-16(15)25-2)21-18(23)22-14-8-9-20-17-12(14)4-3-5-13(17)19/h3-10H,1-2H3,(H2,20,21,22,23). The Morgan fingerprint density at radius 2 is 1.84 bits per heavy atom. The van der Waals surface area contributed by atoms with Gasteiger partial charge in [0, 0.05) is 23.3 Å². The summed E-state index contributed by atoms with van der Waals surface area (Å²) in [4.78, 5) is 16.3. The summed E-state index contributed by atoms with van der Waals surface area (Å²) in [7, 11) is 3.05. The summed E-state index contributed by atoms with van der Waals surface area (Å²) in [6, 6.07) is 10.7. The molecule has 0 bridgehead atoms. The normalized spacial score (nSPS) is 10.4. The predicted octanol–water partition coefficient (Wildman–Crippen LogP) is 4.04. The van der Waals surface area contributed by atoms with Crippen molar-refractivity contribution in [2.45, 2.75) is 0 Å². The summed E-state index contributed by atoms with van der Waals surface area (Å²) in [6.07, 6.45) is 1.44. The van der Waals surface area contributed by atoms with E-state index in [0.717, 1.165) is 0 Å². The second-order valence-corrected chi connectivity index (χ2v) is 5.14. The smallest absolute Gasteiger partial charge is 0.323 e. The van der Waals surface area contributed by atoms with Crippen molar-refractivity contribution in [2.75, 3.05) is 24.9 Å². The van der Waals surface area contributed by atoms with Crippen LogP contribution < -0.4 is 20.1 Å². The fourth-order valence-electron chi connectivity index (χ4n) is 2.45. The molecular formula is C18H16FN3O3. The minimum Gasteiger partial charge on any atom is -0.493 e. The summed E-state index contributed by atoms with van der Waals surface area (Å²) >= 11 is 0. The molecule has 2 aromatic carbocycles. The maximum atomic E-state index is 13.8. The van der Waals surface area contributed by atoms with Crippen LogP contribution in [0.25, 0.3) is 10.9 Å². The highest BCUT2D eigenvalue weighted by Gasteiger charge is 2.10. The number of hydrogen-bond donors (Lipinski definition) is 2. The number of carbonyl (C=O) groups excluding carboxylic acids is 1. The first-order valence-corrected chi connectivity index (χ1v) is 7.45. The van der Waals surface area contributed by atoms with E-state index in [0.29, 0.717) is 28.3 Å². The van der Waals surface area contributed by atoms with Gasteiger partial charge in [-0.2, -0.15) is 0 Å². The first-order valence-electron chi connectivity index (χ1n) is 7.45. The number of urea groups is 1. The Kier molecular flexibility index (Phi) is 4.65. The highest BCUT2D eigenvalue weighted by atomic mass is 19.1. The molecule has 1 heterocycles. The van der Waals surface area contributed by atoms with Gasteiger partial charge in [0.2, 0.25) is 0 Å². The highest BCUT2D eigenvalue weighted by Crippen LogP contribution is 2.30. The molecule has 2 amide bonds. The zero-order valence-corrected chi connectivity index (χ0v) is 13.7. The Bertz CT molecular complexity index is 931. The van der Waals surface area contributed by atoms with E-state index < -0.39 is 11.8 Å². The first kappa shape index (κ1) is 16.5. The quantitative estimate of drug-likeness (QED) is 0.751. The minimum atomic E-state index is -0.469. The lowest BCUT2D eigenvalue weighted by Gasteiger charge is -2.12. The summed E-state index contributed by atoms with van der Waals surface area (Å²) in [5, 5.41) is 5.91. The Balaban J connectivity index is 1.81. The van der Waals surface area contributed by atoms with E-state index in [2.05, 4.69) is 15.6 Å². The van der Waals surface area contributed by atoms with Crippen LogP contribution in [0.2, 0.25) is 0 Å². The molecule has 0 unspecified atom stereocenters. The number of ether oxygens (including phenoxy) is 2. The monoisotopic (exact) mass is 341 g/mol. The van der Waals surface area contributed by atoms with Crippen LogP contribution in [0.5, 0.6) is 11.5 Å². The molecular weight excluding hydrogens is 325 g/mol. The van der Waals surface area contributed by atoms with Gasteiger partial charge in [0.1, 0.15) is 11.3 Å². The van der Waals surface area contributed by atoms with Crippen LogP contribution >= 0.6 is 0 Å². The third kappa shape index (κ3) is 3.45. The largest absolute Gasteiger partial charge is 0.493 e. The Morgan fingerprint density at radius 3 is 2.60 bits per heavy atom. The average Bonchev–Trinajstić information content (AvgIpc) is 2.62. The van der Waals surface area contributed by atoms with E-state index in [-0.39, 0.29) is 5.52 Å². The Labute approximate surface area is 143 Å². The lowest BCUT2D eigenvalue weighted by atomic mass is 10.2. The number of rotatable bonds is 4. The van der Waals surface area contributed by atoms with Gasteiger partial charge >= 0.3 is 6.03 Å². The van der Waals surface area contributed by atoms with Gasteiger partial charge in [-0.05, 0) is 24.3 Å². The maximum Gasteiger partial charge on any atom is 0.323 e. The lowest BCUT2D eigenvalue weighted by Crippen LogP contribution is -2.19. The van der Waals surface area contributed by atoms with Gasteiger partial charge in [-0.25, -0.2) is 9.18 Å². The zero-order valence-electron chi connectivity index (χ0n) is 13.7. The number of aromatic nitrogens is 1. The van der Waals surface area contributed by atoms with Crippen LogP contribution in [0.3, 0.4) is 0 Å². The molecule has 0 aliphatic heterocycles. The van der Waals surface area contributed by atoms with Crippen molar-refractivity contribution in [3.63, 3.8) is 0 Å². The number of nitrogens with zero attached hydrogens (tertiary/aromatic N) is 1. The summed E-state index contributed by atoms with van der Waals surface area (Å²) in [5.74, 6) is 0.613. The van der Waals surface area contributed by atoms with Gasteiger partial charge in [-0.1, -0.05) is 12.1 Å². The number of methoxy groups -OCH3 is 2. The average molecular weight is 341 g/mol. The van der Waals surface area contributed by atoms with E-state index in [1.165, 1.54) is 26.5 Å². The van der Waals surface area contributed by atoms with Gasteiger partial charge < -0.3 is 20.1 Å². The SMILES string of the molecule is COc1ccc(NC(=O)Nc2ccnc3c(F)cccc23)cc1OC. The van der Waals surface area contributed by atoms with Gasteiger partial charge in [0.15, 0.2) is 11.5 Å². The number of anilines is 2. The van der Waals surface area contributed by atoms with Crippen molar-refractivity contribution in [1.29, 1.82) is 0 Å². The van der Waals surface area contributed by atoms with Crippen LogP contribution in [-0.4, -0.2) is 25.2 Å². The molecule has 0 fully saturated rings. The number of nitrogens with one attached hydrogen (secondary N) is 2. The second-order valence-electron chi connectivity index (χ2n) is 5.14. The molecule has 128 valence electrons. The van der Waals surface area contributed by atoms with Crippen LogP contribution in [0, 0.1) is 5.82 Å². The number of para-hydroxylation sites is 1. The molecule has 3 rings (SSSR count). The van der Waals surface area contributed by atoms with Crippen LogP contribution in [0.4, 0.5) is 20.6 Å². The highest BCUT2D eigenvalue weighted by molar-refractivity contribution is 6.05. The van der Waals surface area contributed by atoms with Gasteiger partial charge in [-0.15, -0.1) is 0 Å². The summed E-state index contributed by atoms with van der Waals surface area (Å²) < 4.78 is 24.1. The molecule has 7 heteroatoms. The van der Waals surface area contributed by atoms with E-state index in [1.54, 1.807) is 36.4 Å². The van der Waals surface area contributed by atoms with Gasteiger partial charge in [0.05, 0.1) is 19.9 Å². The van der Waals surface area contributed by atoms with Crippen molar-refractivity contribution < 1.29 is 18.7 Å². The van der Waals surface area contributed by atoms with Crippen molar-refractivity contribution in [3.8, 4) is 11.5 Å². The topological polar surface area (TPSA) is 72.5 Å². The fraction of sp³-hybridized carbons (Fsp3) is 0.111. The molecule has 0 aliphatic rings. The van der Waals surface area contributed by atoms with Crippen molar-refractivity contribution in [1.82, 2.24) is 4.98 Å². The fourth-order valence-corrected chi connectivity index (χ4v) is 2.45. The van der Waals surface area contributed by atoms with Gasteiger partial charge in [-0.3, -0.25) is 4.98 Å². The summed E-state index contributed by atoms with van der Waals surface area (Å²) in [5.41, 5.74) is 1.19. The van der Waals surface area contributed by atoms with Crippen molar-refractivity contribution >= 4 is 28.3 Å². The number of amides is 2. The van der Waals surface area contributed by atoms with E-state index in [9.17, 15) is 9.18 Å². The minimum absolute atomic E-state index is 0.200. The summed E-state index contributed by atoms with van der Waals surface area (Å²) in [6.45, 7) is 0. The third-order valence-corrected chi connectivity index (χ3v) is 3.61. The number of hydrogen-bond acceptors (Lipinski definition) is 4. The van der Waals surface area contributed by atoms with E-state index in [4.69, 9.17) is 9.47 Å². The molecule has 0 atom stereocenters. The number of fused-ring (bicyclic) bond motifs is 1. The van der Waals surface area contributed by atoms with Gasteiger partial charge in [0.25, 0.3) is 0 Å². The molecule has 1 aromatic heterocycles. The third-order valence-electron chi connectivity index (χ3n) is 3.61. The van der Waals surface area contributed by atoms with E-state index in [1.807, 2.05) is 0 Å². The molecule has 0 saturated heterocycles. The Morgan fingerprint density at radius 1 is 1.04 bits per heavy atom. The molecule has 0 radical (unpaired) electrons. The van der Waals surface area contributed by atoms with E-state index >= 15 is 0 Å². The van der Waals surface area contributed by atoms with Crippen molar-refractivity contribution in [2.24, 2.45) is 0 Å². The molecule has 0 spiro atoms.